The Hall–Kier alpha value is -1.73. The smallest absolute Gasteiger partial charge is 0.326 e. The Balaban J connectivity index is 2.06. The molecule has 0 bridgehead atoms. The average Bonchev–Trinajstić information content (AvgIpc) is 3.15. The van der Waals surface area contributed by atoms with Crippen molar-refractivity contribution in [1.82, 2.24) is 10.2 Å². The van der Waals surface area contributed by atoms with Crippen LogP contribution in [0, 0.1) is 11.8 Å². The maximum absolute atomic E-state index is 12.5. The predicted molar refractivity (Wildman–Crippen MR) is 80.0 cm³/mol. The van der Waals surface area contributed by atoms with Crippen LogP contribution in [0.2, 0.25) is 0 Å². The molecule has 3 rings (SSSR count). The summed E-state index contributed by atoms with van der Waals surface area (Å²) in [6.45, 7) is 3.61. The average molecular weight is 322 g/mol. The molecule has 2 aliphatic rings. The second kappa shape index (κ2) is 5.17. The first-order valence-electron chi connectivity index (χ1n) is 7.21. The van der Waals surface area contributed by atoms with Gasteiger partial charge in [0.1, 0.15) is 5.54 Å². The molecule has 3 heterocycles. The number of rotatable bonds is 3. The van der Waals surface area contributed by atoms with E-state index in [1.54, 1.807) is 13.8 Å². The zero-order valence-electron chi connectivity index (χ0n) is 12.7. The standard InChI is InChI=1S/C15H18N2O4S/c1-4-21-14(20)15(2)10-9(12(18)17(3)13(10)19)11(16-15)8-6-5-7-22-8/h5-7,9-11,16H,4H2,1-3H3/t9-,10+,11-,15-/m0/s1. The normalized spacial score (nSPS) is 34.1. The summed E-state index contributed by atoms with van der Waals surface area (Å²) in [6, 6.07) is 3.45. The van der Waals surface area contributed by atoms with Gasteiger partial charge in [0.15, 0.2) is 0 Å². The van der Waals surface area contributed by atoms with E-state index in [2.05, 4.69) is 5.32 Å². The van der Waals surface area contributed by atoms with Crippen LogP contribution in [0.3, 0.4) is 0 Å². The van der Waals surface area contributed by atoms with Crippen LogP contribution in [0.1, 0.15) is 24.8 Å². The van der Waals surface area contributed by atoms with Crippen molar-refractivity contribution >= 4 is 29.1 Å². The van der Waals surface area contributed by atoms with Crippen molar-refractivity contribution in [3.05, 3.63) is 22.4 Å². The second-order valence-corrected chi connectivity index (χ2v) is 6.78. The van der Waals surface area contributed by atoms with E-state index in [4.69, 9.17) is 4.74 Å². The van der Waals surface area contributed by atoms with Gasteiger partial charge in [-0.15, -0.1) is 11.3 Å². The number of fused-ring (bicyclic) bond motifs is 1. The number of carbonyl (C=O) groups excluding carboxylic acids is 3. The predicted octanol–water partition coefficient (Wildman–Crippen LogP) is 0.945. The van der Waals surface area contributed by atoms with E-state index in [-0.39, 0.29) is 24.5 Å². The Morgan fingerprint density at radius 3 is 2.77 bits per heavy atom. The zero-order chi connectivity index (χ0) is 16.1. The number of carbonyl (C=O) groups is 3. The fourth-order valence-electron chi connectivity index (χ4n) is 3.46. The van der Waals surface area contributed by atoms with Crippen LogP contribution >= 0.6 is 11.3 Å². The van der Waals surface area contributed by atoms with E-state index in [1.165, 1.54) is 18.4 Å². The van der Waals surface area contributed by atoms with Gasteiger partial charge in [0.25, 0.3) is 0 Å². The van der Waals surface area contributed by atoms with Gasteiger partial charge in [-0.3, -0.25) is 24.6 Å². The number of ether oxygens (including phenoxy) is 1. The molecule has 2 fully saturated rings. The van der Waals surface area contributed by atoms with Crippen LogP contribution < -0.4 is 5.32 Å². The van der Waals surface area contributed by atoms with E-state index < -0.39 is 23.3 Å². The largest absolute Gasteiger partial charge is 0.465 e. The van der Waals surface area contributed by atoms with Crippen LogP contribution in [0.15, 0.2) is 17.5 Å². The van der Waals surface area contributed by atoms with Gasteiger partial charge in [0.05, 0.1) is 24.5 Å². The van der Waals surface area contributed by atoms with Crippen molar-refractivity contribution in [3.8, 4) is 0 Å². The topological polar surface area (TPSA) is 75.7 Å². The summed E-state index contributed by atoms with van der Waals surface area (Å²) in [5, 5.41) is 5.12. The summed E-state index contributed by atoms with van der Waals surface area (Å²) in [7, 11) is 1.47. The van der Waals surface area contributed by atoms with Crippen molar-refractivity contribution in [3.63, 3.8) is 0 Å². The SMILES string of the molecule is CCOC(=O)[C@@]1(C)N[C@@H](c2cccs2)[C@H]2C(=O)N(C)C(=O)[C@@H]21. The fraction of sp³-hybridized carbons (Fsp3) is 0.533. The van der Waals surface area contributed by atoms with Gasteiger partial charge in [0, 0.05) is 11.9 Å². The monoisotopic (exact) mass is 322 g/mol. The molecule has 0 saturated carbocycles. The summed E-state index contributed by atoms with van der Waals surface area (Å²) in [5.41, 5.74) is -1.19. The molecule has 6 nitrogen and oxygen atoms in total. The molecule has 0 radical (unpaired) electrons. The summed E-state index contributed by atoms with van der Waals surface area (Å²) in [5.74, 6) is -2.34. The number of nitrogens with zero attached hydrogens (tertiary/aromatic N) is 1. The van der Waals surface area contributed by atoms with Gasteiger partial charge in [-0.1, -0.05) is 6.07 Å². The number of imide groups is 1. The Morgan fingerprint density at radius 2 is 2.18 bits per heavy atom. The molecule has 1 N–H and O–H groups in total. The molecule has 1 aromatic rings. The highest BCUT2D eigenvalue weighted by molar-refractivity contribution is 7.10. The minimum absolute atomic E-state index is 0.231. The molecule has 2 aliphatic heterocycles. The lowest BCUT2D eigenvalue weighted by molar-refractivity contribution is -0.155. The molecule has 22 heavy (non-hydrogen) atoms. The summed E-state index contributed by atoms with van der Waals surface area (Å²) in [4.78, 5) is 39.5. The lowest BCUT2D eigenvalue weighted by atomic mass is 9.81. The number of likely N-dealkylation sites (tertiary alicyclic amines) is 1. The maximum atomic E-state index is 12.5. The van der Waals surface area contributed by atoms with Crippen molar-refractivity contribution in [2.24, 2.45) is 11.8 Å². The van der Waals surface area contributed by atoms with Crippen molar-refractivity contribution < 1.29 is 19.1 Å². The highest BCUT2D eigenvalue weighted by atomic mass is 32.1. The minimum atomic E-state index is -1.19. The molecule has 4 atom stereocenters. The molecule has 1 aromatic heterocycles. The summed E-state index contributed by atoms with van der Waals surface area (Å²) >= 11 is 1.50. The Kier molecular flexibility index (Phi) is 3.57. The Morgan fingerprint density at radius 1 is 1.45 bits per heavy atom. The third kappa shape index (κ3) is 1.92. The first-order valence-corrected chi connectivity index (χ1v) is 8.09. The highest BCUT2D eigenvalue weighted by Crippen LogP contribution is 2.49. The van der Waals surface area contributed by atoms with Gasteiger partial charge in [-0.25, -0.2) is 0 Å². The number of esters is 1. The molecular weight excluding hydrogens is 304 g/mol. The van der Waals surface area contributed by atoms with Crippen molar-refractivity contribution in [1.29, 1.82) is 0 Å². The van der Waals surface area contributed by atoms with Gasteiger partial charge >= 0.3 is 5.97 Å². The molecule has 2 amide bonds. The fourth-order valence-corrected chi connectivity index (χ4v) is 4.29. The first kappa shape index (κ1) is 15.2. The highest BCUT2D eigenvalue weighted by Gasteiger charge is 2.66. The van der Waals surface area contributed by atoms with Crippen LogP contribution in [0.5, 0.6) is 0 Å². The number of thiophene rings is 1. The van der Waals surface area contributed by atoms with Crippen molar-refractivity contribution in [2.45, 2.75) is 25.4 Å². The van der Waals surface area contributed by atoms with Gasteiger partial charge in [-0.05, 0) is 25.3 Å². The number of amides is 2. The third-order valence-electron chi connectivity index (χ3n) is 4.56. The quantitative estimate of drug-likeness (QED) is 0.662. The number of hydrogen-bond acceptors (Lipinski definition) is 6. The molecule has 0 unspecified atom stereocenters. The molecular formula is C15H18N2O4S. The maximum Gasteiger partial charge on any atom is 0.326 e. The number of nitrogens with one attached hydrogen (secondary N) is 1. The van der Waals surface area contributed by atoms with E-state index in [9.17, 15) is 14.4 Å². The van der Waals surface area contributed by atoms with E-state index in [0.29, 0.717) is 0 Å². The zero-order valence-corrected chi connectivity index (χ0v) is 13.5. The van der Waals surface area contributed by atoms with Gasteiger partial charge in [-0.2, -0.15) is 0 Å². The third-order valence-corrected chi connectivity index (χ3v) is 5.51. The molecule has 2 saturated heterocycles. The Labute approximate surface area is 132 Å². The molecule has 118 valence electrons. The summed E-state index contributed by atoms with van der Waals surface area (Å²) in [6.07, 6.45) is 0. The summed E-state index contributed by atoms with van der Waals surface area (Å²) < 4.78 is 5.14. The molecule has 0 spiro atoms. The minimum Gasteiger partial charge on any atom is -0.465 e. The molecule has 7 heteroatoms. The second-order valence-electron chi connectivity index (χ2n) is 5.80. The van der Waals surface area contributed by atoms with Crippen molar-refractivity contribution in [2.75, 3.05) is 13.7 Å². The van der Waals surface area contributed by atoms with E-state index >= 15 is 0 Å². The van der Waals surface area contributed by atoms with E-state index in [0.717, 1.165) is 9.78 Å². The lowest BCUT2D eigenvalue weighted by Gasteiger charge is -2.28. The Bertz CT molecular complexity index is 629. The van der Waals surface area contributed by atoms with Crippen LogP contribution in [0.4, 0.5) is 0 Å². The van der Waals surface area contributed by atoms with Gasteiger partial charge in [0.2, 0.25) is 11.8 Å². The molecule has 0 aliphatic carbocycles. The van der Waals surface area contributed by atoms with Crippen LogP contribution in [-0.4, -0.2) is 41.9 Å². The van der Waals surface area contributed by atoms with Crippen LogP contribution in [0.25, 0.3) is 0 Å². The van der Waals surface area contributed by atoms with E-state index in [1.807, 2.05) is 17.5 Å². The van der Waals surface area contributed by atoms with Gasteiger partial charge < -0.3 is 4.74 Å². The number of hydrogen-bond donors (Lipinski definition) is 1. The lowest BCUT2D eigenvalue weighted by Crippen LogP contribution is -2.53. The first-order chi connectivity index (χ1) is 10.4. The van der Waals surface area contributed by atoms with Crippen LogP contribution in [-0.2, 0) is 19.1 Å². The molecule has 0 aromatic carbocycles.